The van der Waals surface area contributed by atoms with Gasteiger partial charge in [0.25, 0.3) is 0 Å². The van der Waals surface area contributed by atoms with Crippen molar-refractivity contribution < 1.29 is 4.74 Å². The van der Waals surface area contributed by atoms with Crippen molar-refractivity contribution in [2.75, 3.05) is 27.3 Å². The molecule has 0 heterocycles. The van der Waals surface area contributed by atoms with Crippen molar-refractivity contribution in [2.24, 2.45) is 11.7 Å². The molecule has 0 amide bonds. The summed E-state index contributed by atoms with van der Waals surface area (Å²) < 4.78 is 5.15. The summed E-state index contributed by atoms with van der Waals surface area (Å²) >= 11 is 0. The molecular formula is C11H26N2O. The van der Waals surface area contributed by atoms with E-state index in [4.69, 9.17) is 10.5 Å². The van der Waals surface area contributed by atoms with Crippen molar-refractivity contribution >= 4 is 0 Å². The van der Waals surface area contributed by atoms with Crippen LogP contribution in [-0.2, 0) is 4.74 Å². The average Bonchev–Trinajstić information content (AvgIpc) is 2.12. The standard InChI is InChI=1S/C11H26N2O/c1-9(2)6-10(3)13(4)11(7-12)8-14-5/h9-11H,6-8,12H2,1-5H3. The molecule has 0 bridgehead atoms. The van der Waals surface area contributed by atoms with E-state index >= 15 is 0 Å². The van der Waals surface area contributed by atoms with Crippen LogP contribution in [0, 0.1) is 5.92 Å². The van der Waals surface area contributed by atoms with Gasteiger partial charge in [0.1, 0.15) is 0 Å². The Kier molecular flexibility index (Phi) is 7.15. The first-order valence-electron chi connectivity index (χ1n) is 5.43. The van der Waals surface area contributed by atoms with Gasteiger partial charge in [0.05, 0.1) is 6.61 Å². The largest absolute Gasteiger partial charge is 0.383 e. The van der Waals surface area contributed by atoms with E-state index in [1.807, 2.05) is 0 Å². The normalized spacial score (nSPS) is 16.3. The Hall–Kier alpha value is -0.120. The van der Waals surface area contributed by atoms with Gasteiger partial charge in [-0.15, -0.1) is 0 Å². The van der Waals surface area contributed by atoms with Crippen LogP contribution < -0.4 is 5.73 Å². The molecule has 0 rings (SSSR count). The molecular weight excluding hydrogens is 176 g/mol. The Bertz CT molecular complexity index is 139. The minimum atomic E-state index is 0.341. The quantitative estimate of drug-likeness (QED) is 0.677. The van der Waals surface area contributed by atoms with Gasteiger partial charge in [-0.1, -0.05) is 13.8 Å². The van der Waals surface area contributed by atoms with Crippen molar-refractivity contribution in [1.29, 1.82) is 0 Å². The number of ether oxygens (including phenoxy) is 1. The molecule has 0 aromatic heterocycles. The second kappa shape index (κ2) is 7.21. The van der Waals surface area contributed by atoms with Crippen LogP contribution in [0.1, 0.15) is 27.2 Å². The highest BCUT2D eigenvalue weighted by Crippen LogP contribution is 2.11. The Morgan fingerprint density at radius 1 is 1.29 bits per heavy atom. The molecule has 0 spiro atoms. The smallest absolute Gasteiger partial charge is 0.0630 e. The third kappa shape index (κ3) is 4.94. The van der Waals surface area contributed by atoms with Gasteiger partial charge in [0, 0.05) is 25.7 Å². The Balaban J connectivity index is 4.04. The molecule has 0 aliphatic rings. The minimum Gasteiger partial charge on any atom is -0.383 e. The SMILES string of the molecule is COCC(CN)N(C)C(C)CC(C)C. The lowest BCUT2D eigenvalue weighted by atomic mass is 10.0. The topological polar surface area (TPSA) is 38.5 Å². The van der Waals surface area contributed by atoms with E-state index < -0.39 is 0 Å². The van der Waals surface area contributed by atoms with E-state index in [1.54, 1.807) is 7.11 Å². The molecule has 0 aliphatic heterocycles. The van der Waals surface area contributed by atoms with E-state index in [0.717, 1.165) is 12.5 Å². The van der Waals surface area contributed by atoms with Crippen LogP contribution in [0.5, 0.6) is 0 Å². The van der Waals surface area contributed by atoms with E-state index in [-0.39, 0.29) is 0 Å². The number of hydrogen-bond acceptors (Lipinski definition) is 3. The van der Waals surface area contributed by atoms with Crippen LogP contribution in [0.2, 0.25) is 0 Å². The molecule has 0 saturated heterocycles. The van der Waals surface area contributed by atoms with Crippen molar-refractivity contribution in [3.05, 3.63) is 0 Å². The predicted octanol–water partition coefficient (Wildman–Crippen LogP) is 1.33. The zero-order chi connectivity index (χ0) is 11.1. The molecule has 2 N–H and O–H groups in total. The van der Waals surface area contributed by atoms with Gasteiger partial charge in [0.2, 0.25) is 0 Å². The second-order valence-electron chi connectivity index (χ2n) is 4.49. The summed E-state index contributed by atoms with van der Waals surface area (Å²) in [4.78, 5) is 2.32. The van der Waals surface area contributed by atoms with Crippen LogP contribution >= 0.6 is 0 Å². The third-order valence-corrected chi connectivity index (χ3v) is 2.71. The van der Waals surface area contributed by atoms with Gasteiger partial charge in [-0.2, -0.15) is 0 Å². The van der Waals surface area contributed by atoms with E-state index in [0.29, 0.717) is 18.6 Å². The summed E-state index contributed by atoms with van der Waals surface area (Å²) in [5.41, 5.74) is 5.71. The number of nitrogens with two attached hydrogens (primary N) is 1. The van der Waals surface area contributed by atoms with Gasteiger partial charge in [-0.3, -0.25) is 4.90 Å². The van der Waals surface area contributed by atoms with Crippen molar-refractivity contribution in [3.8, 4) is 0 Å². The molecule has 2 unspecified atom stereocenters. The minimum absolute atomic E-state index is 0.341. The number of methoxy groups -OCH3 is 1. The molecule has 3 nitrogen and oxygen atoms in total. The fraction of sp³-hybridized carbons (Fsp3) is 1.00. The van der Waals surface area contributed by atoms with Crippen LogP contribution in [-0.4, -0.2) is 44.3 Å². The van der Waals surface area contributed by atoms with Crippen molar-refractivity contribution in [1.82, 2.24) is 4.90 Å². The maximum absolute atomic E-state index is 5.71. The Morgan fingerprint density at radius 2 is 1.86 bits per heavy atom. The van der Waals surface area contributed by atoms with Crippen molar-refractivity contribution in [2.45, 2.75) is 39.3 Å². The highest BCUT2D eigenvalue weighted by molar-refractivity contribution is 4.75. The van der Waals surface area contributed by atoms with Crippen LogP contribution in [0.25, 0.3) is 0 Å². The van der Waals surface area contributed by atoms with Crippen LogP contribution in [0.4, 0.5) is 0 Å². The number of nitrogens with zero attached hydrogens (tertiary/aromatic N) is 1. The van der Waals surface area contributed by atoms with Gasteiger partial charge >= 0.3 is 0 Å². The molecule has 14 heavy (non-hydrogen) atoms. The fourth-order valence-corrected chi connectivity index (χ4v) is 1.75. The van der Waals surface area contributed by atoms with Gasteiger partial charge in [-0.25, -0.2) is 0 Å². The summed E-state index contributed by atoms with van der Waals surface area (Å²) in [7, 11) is 3.85. The molecule has 0 saturated carbocycles. The molecule has 0 aromatic carbocycles. The first kappa shape index (κ1) is 13.9. The third-order valence-electron chi connectivity index (χ3n) is 2.71. The van der Waals surface area contributed by atoms with E-state index in [1.165, 1.54) is 6.42 Å². The summed E-state index contributed by atoms with van der Waals surface area (Å²) in [5.74, 6) is 0.730. The van der Waals surface area contributed by atoms with E-state index in [9.17, 15) is 0 Å². The highest BCUT2D eigenvalue weighted by atomic mass is 16.5. The number of likely N-dealkylation sites (N-methyl/N-ethyl adjacent to an activating group) is 1. The van der Waals surface area contributed by atoms with Gasteiger partial charge < -0.3 is 10.5 Å². The highest BCUT2D eigenvalue weighted by Gasteiger charge is 2.18. The van der Waals surface area contributed by atoms with Crippen LogP contribution in [0.15, 0.2) is 0 Å². The maximum Gasteiger partial charge on any atom is 0.0630 e. The van der Waals surface area contributed by atoms with Gasteiger partial charge in [0.15, 0.2) is 0 Å². The lowest BCUT2D eigenvalue weighted by Gasteiger charge is -2.32. The molecule has 0 fully saturated rings. The van der Waals surface area contributed by atoms with Crippen molar-refractivity contribution in [3.63, 3.8) is 0 Å². The van der Waals surface area contributed by atoms with E-state index in [2.05, 4.69) is 32.7 Å². The summed E-state index contributed by atoms with van der Waals surface area (Å²) in [6.07, 6.45) is 1.21. The summed E-state index contributed by atoms with van der Waals surface area (Å²) in [6, 6.07) is 0.910. The molecule has 86 valence electrons. The molecule has 0 aliphatic carbocycles. The maximum atomic E-state index is 5.71. The van der Waals surface area contributed by atoms with Crippen LogP contribution in [0.3, 0.4) is 0 Å². The lowest BCUT2D eigenvalue weighted by Crippen LogP contribution is -2.46. The molecule has 0 aromatic rings. The first-order chi connectivity index (χ1) is 6.52. The number of rotatable bonds is 7. The Morgan fingerprint density at radius 3 is 2.21 bits per heavy atom. The number of hydrogen-bond donors (Lipinski definition) is 1. The first-order valence-corrected chi connectivity index (χ1v) is 5.43. The lowest BCUT2D eigenvalue weighted by molar-refractivity contribution is 0.0823. The molecule has 2 atom stereocenters. The fourth-order valence-electron chi connectivity index (χ4n) is 1.75. The Labute approximate surface area is 88.6 Å². The average molecular weight is 202 g/mol. The van der Waals surface area contributed by atoms with Gasteiger partial charge in [-0.05, 0) is 26.3 Å². The monoisotopic (exact) mass is 202 g/mol. The molecule has 3 heteroatoms. The summed E-state index contributed by atoms with van der Waals surface area (Å²) in [6.45, 7) is 8.12. The predicted molar refractivity (Wildman–Crippen MR) is 61.4 cm³/mol. The summed E-state index contributed by atoms with van der Waals surface area (Å²) in [5, 5.41) is 0. The zero-order valence-electron chi connectivity index (χ0n) is 10.3. The molecule has 0 radical (unpaired) electrons. The zero-order valence-corrected chi connectivity index (χ0v) is 10.3. The second-order valence-corrected chi connectivity index (χ2v) is 4.49.